The maximum Gasteiger partial charge on any atom is 3.00 e. The maximum absolute atomic E-state index is 8.55. The minimum absolute atomic E-state index is 0. The minimum atomic E-state index is -5.39. The van der Waals surface area contributed by atoms with Crippen LogP contribution < -0.4 is 14.7 Å². The van der Waals surface area contributed by atoms with Crippen molar-refractivity contribution in [3.05, 3.63) is 0 Å². The Morgan fingerprint density at radius 2 is 1.14 bits per heavy atom. The van der Waals surface area contributed by atoms with Gasteiger partial charge in [-0.1, -0.05) is 0 Å². The van der Waals surface area contributed by atoms with Crippen molar-refractivity contribution < 1.29 is 36.3 Å². The molecule has 0 aromatic heterocycles. The van der Waals surface area contributed by atoms with Crippen LogP contribution in [0.3, 0.4) is 0 Å². The van der Waals surface area contributed by atoms with Gasteiger partial charge in [0.2, 0.25) is 0 Å². The van der Waals surface area contributed by atoms with E-state index in [0.717, 1.165) is 0 Å². The summed E-state index contributed by atoms with van der Waals surface area (Å²) in [6, 6.07) is 0. The first-order chi connectivity index (χ1) is 2.00. The molecule has 0 aliphatic heterocycles. The first-order valence-electron chi connectivity index (χ1n) is 0.730. The Balaban J connectivity index is -0.0000000800. The van der Waals surface area contributed by atoms with Gasteiger partial charge in [0.15, 0.2) is 0 Å². The summed E-state index contributed by atoms with van der Waals surface area (Å²) in [5, 5.41) is 0. The molecule has 0 heterocycles. The molecule has 0 fully saturated rings. The molecule has 0 aromatic rings. The molecule has 0 bridgehead atoms. The Morgan fingerprint density at radius 3 is 1.14 bits per heavy atom. The second-order valence-electron chi connectivity index (χ2n) is 0.447. The van der Waals surface area contributed by atoms with Crippen LogP contribution >= 0.6 is 7.82 Å². The van der Waals surface area contributed by atoms with Gasteiger partial charge < -0.3 is 19.2 Å². The molecule has 0 unspecified atom stereocenters. The summed E-state index contributed by atoms with van der Waals surface area (Å²) >= 11 is 0. The van der Waals surface area contributed by atoms with Gasteiger partial charge in [0, 0.05) is 0 Å². The second kappa shape index (κ2) is 5.30. The van der Waals surface area contributed by atoms with Crippen LogP contribution in [0.1, 0.15) is 0 Å². The van der Waals surface area contributed by atoms with Crippen LogP contribution in [0.5, 0.6) is 0 Å². The van der Waals surface area contributed by atoms with Crippen molar-refractivity contribution in [2.45, 2.75) is 0 Å². The van der Waals surface area contributed by atoms with Crippen molar-refractivity contribution >= 4 is 25.2 Å². The molecule has 41 valence electrons. The Hall–Kier alpha value is 1.16. The first-order valence-corrected chi connectivity index (χ1v) is 2.19. The standard InChI is InChI=1S/Al.Cu.H3O4P/c;;1-5(2,3)4/h;;(H3,1,2,3,4)/q+3;+2;/p-3. The molecule has 0 aromatic carbocycles. The van der Waals surface area contributed by atoms with E-state index in [1.807, 2.05) is 0 Å². The van der Waals surface area contributed by atoms with Gasteiger partial charge in [-0.3, -0.25) is 0 Å². The number of hydrogen-bond acceptors (Lipinski definition) is 4. The van der Waals surface area contributed by atoms with Crippen LogP contribution in [-0.4, -0.2) is 17.4 Å². The molecule has 0 amide bonds. The molecule has 1 radical (unpaired) electrons. The van der Waals surface area contributed by atoms with Crippen molar-refractivity contribution in [1.82, 2.24) is 0 Å². The first kappa shape index (κ1) is 15.7. The van der Waals surface area contributed by atoms with E-state index in [9.17, 15) is 0 Å². The van der Waals surface area contributed by atoms with Gasteiger partial charge in [0.25, 0.3) is 0 Å². The normalized spacial score (nSPS) is 8.43. The summed E-state index contributed by atoms with van der Waals surface area (Å²) in [6.45, 7) is 0. The van der Waals surface area contributed by atoms with Crippen molar-refractivity contribution in [3.8, 4) is 0 Å². The van der Waals surface area contributed by atoms with Crippen molar-refractivity contribution in [1.29, 1.82) is 0 Å². The monoisotopic (exact) mass is 185 g/mol. The largest absolute Gasteiger partial charge is 3.00 e. The molecule has 0 rings (SSSR count). The van der Waals surface area contributed by atoms with Crippen LogP contribution in [0, 0.1) is 0 Å². The summed E-state index contributed by atoms with van der Waals surface area (Å²) in [6.07, 6.45) is 0. The Morgan fingerprint density at radius 1 is 1.14 bits per heavy atom. The molecule has 0 spiro atoms. The zero-order valence-corrected chi connectivity index (χ0v) is 5.95. The van der Waals surface area contributed by atoms with Gasteiger partial charge in [0.1, 0.15) is 0 Å². The molecule has 7 heavy (non-hydrogen) atoms. The second-order valence-corrected chi connectivity index (χ2v) is 1.34. The van der Waals surface area contributed by atoms with E-state index >= 15 is 0 Å². The van der Waals surface area contributed by atoms with Gasteiger partial charge in [-0.05, 0) is 0 Å². The molecule has 4 nitrogen and oxygen atoms in total. The van der Waals surface area contributed by atoms with Crippen LogP contribution in [0.25, 0.3) is 0 Å². The molecule has 0 N–H and O–H groups in total. The summed E-state index contributed by atoms with van der Waals surface area (Å²) in [7, 11) is -5.39. The van der Waals surface area contributed by atoms with Gasteiger partial charge in [-0.25, -0.2) is 0 Å². The van der Waals surface area contributed by atoms with E-state index in [4.69, 9.17) is 19.2 Å². The molecule has 0 aliphatic carbocycles. The van der Waals surface area contributed by atoms with Crippen LogP contribution in [0.4, 0.5) is 0 Å². The van der Waals surface area contributed by atoms with E-state index < -0.39 is 7.82 Å². The fraction of sp³-hybridized carbons (Fsp3) is 0. The smallest absolute Gasteiger partial charge is 0.822 e. The van der Waals surface area contributed by atoms with Gasteiger partial charge in [0.05, 0.1) is 0 Å². The third-order valence-electron chi connectivity index (χ3n) is 0. The third-order valence-corrected chi connectivity index (χ3v) is 0. The minimum Gasteiger partial charge on any atom is -0.822 e. The summed E-state index contributed by atoms with van der Waals surface area (Å²) in [4.78, 5) is 25.6. The molecular weight excluding hydrogens is 185 g/mol. The average Bonchev–Trinajstić information content (AvgIpc) is 0.722. The zero-order chi connectivity index (χ0) is 4.50. The van der Waals surface area contributed by atoms with Crippen molar-refractivity contribution in [2.75, 3.05) is 0 Å². The van der Waals surface area contributed by atoms with Crippen LogP contribution in [0.2, 0.25) is 0 Å². The molecule has 0 saturated carbocycles. The fourth-order valence-corrected chi connectivity index (χ4v) is 0. The number of rotatable bonds is 0. The van der Waals surface area contributed by atoms with Crippen molar-refractivity contribution in [3.63, 3.8) is 0 Å². The molecular formula is AlCuO4P+2. The predicted molar refractivity (Wildman–Crippen MR) is 13.4 cm³/mol. The summed E-state index contributed by atoms with van der Waals surface area (Å²) < 4.78 is 8.55. The quantitative estimate of drug-likeness (QED) is 0.294. The topological polar surface area (TPSA) is 86.2 Å². The predicted octanol–water partition coefficient (Wildman–Crippen LogP) is -3.21. The SMILES string of the molecule is O=P([O-])([O-])[O-].[Al+3].[Cu+2]. The number of hydrogen-bond donors (Lipinski definition) is 0. The van der Waals surface area contributed by atoms with E-state index in [1.165, 1.54) is 0 Å². The number of phosphoric acid groups is 1. The Bertz CT molecular complexity index is 57.8. The van der Waals surface area contributed by atoms with E-state index in [2.05, 4.69) is 0 Å². The maximum atomic E-state index is 8.55. The molecule has 7 heteroatoms. The van der Waals surface area contributed by atoms with Gasteiger partial charge in [-0.2, -0.15) is 7.82 Å². The average molecular weight is 185 g/mol. The van der Waals surface area contributed by atoms with Crippen LogP contribution in [0.15, 0.2) is 0 Å². The van der Waals surface area contributed by atoms with E-state index in [0.29, 0.717) is 0 Å². The van der Waals surface area contributed by atoms with Gasteiger partial charge >= 0.3 is 34.4 Å². The van der Waals surface area contributed by atoms with Crippen LogP contribution in [-0.2, 0) is 21.6 Å². The molecule has 0 saturated heterocycles. The Labute approximate surface area is 61.8 Å². The summed E-state index contributed by atoms with van der Waals surface area (Å²) in [5.74, 6) is 0. The van der Waals surface area contributed by atoms with E-state index in [1.54, 1.807) is 0 Å². The molecule has 0 aliphatic rings. The van der Waals surface area contributed by atoms with Crippen molar-refractivity contribution in [2.24, 2.45) is 0 Å². The van der Waals surface area contributed by atoms with E-state index in [-0.39, 0.29) is 34.4 Å². The summed E-state index contributed by atoms with van der Waals surface area (Å²) in [5.41, 5.74) is 0. The third kappa shape index (κ3) is 141. The van der Waals surface area contributed by atoms with Gasteiger partial charge in [-0.15, -0.1) is 0 Å². The molecule has 0 atom stereocenters. The Kier molecular flexibility index (Phi) is 11.9. The zero-order valence-electron chi connectivity index (χ0n) is 2.96. The fourth-order valence-electron chi connectivity index (χ4n) is 0.